The Hall–Kier alpha value is -3.45. The van der Waals surface area contributed by atoms with Crippen molar-refractivity contribution in [1.29, 1.82) is 0 Å². The third-order valence-corrected chi connectivity index (χ3v) is 6.08. The van der Waals surface area contributed by atoms with Gasteiger partial charge in [0.1, 0.15) is 11.5 Å². The molecule has 3 aromatic carbocycles. The van der Waals surface area contributed by atoms with E-state index in [2.05, 4.69) is 73.2 Å². The van der Waals surface area contributed by atoms with Crippen molar-refractivity contribution in [3.8, 4) is 11.5 Å². The fraction of sp³-hybridized carbons (Fsp3) is 0.300. The van der Waals surface area contributed by atoms with Gasteiger partial charge in [-0.3, -0.25) is 4.79 Å². The molecule has 6 nitrogen and oxygen atoms in total. The van der Waals surface area contributed by atoms with E-state index < -0.39 is 5.97 Å². The summed E-state index contributed by atoms with van der Waals surface area (Å²) in [4.78, 5) is 24.3. The standard InChI is InChI=1S/C30H33BrN2O4/c1-29(2,3)20-30(4,5)23-10-16-25(17-11-23)36-19-27(34)33-32-18-21-6-14-26(15-7-21)37-28(35)22-8-12-24(31)13-9-22/h6-18H,19-20H2,1-5H3,(H,33,34)/b32-18-. The maximum atomic E-state index is 12.2. The molecule has 7 heteroatoms. The second kappa shape index (κ2) is 12.2. The van der Waals surface area contributed by atoms with Crippen LogP contribution in [0.1, 0.15) is 62.5 Å². The van der Waals surface area contributed by atoms with Gasteiger partial charge >= 0.3 is 5.97 Å². The van der Waals surface area contributed by atoms with Crippen molar-refractivity contribution in [1.82, 2.24) is 5.43 Å². The second-order valence-corrected chi connectivity index (χ2v) is 11.6. The van der Waals surface area contributed by atoms with Gasteiger partial charge in [0.15, 0.2) is 6.61 Å². The Kier molecular flexibility index (Phi) is 9.27. The van der Waals surface area contributed by atoms with Crippen LogP contribution in [0.5, 0.6) is 11.5 Å². The van der Waals surface area contributed by atoms with Crippen LogP contribution in [0.25, 0.3) is 0 Å². The van der Waals surface area contributed by atoms with Crippen molar-refractivity contribution in [3.63, 3.8) is 0 Å². The predicted molar refractivity (Wildman–Crippen MR) is 150 cm³/mol. The number of nitrogens with zero attached hydrogens (tertiary/aromatic N) is 1. The first-order valence-corrected chi connectivity index (χ1v) is 12.8. The highest BCUT2D eigenvalue weighted by Crippen LogP contribution is 2.36. The number of hydrazone groups is 1. The Morgan fingerprint density at radius 1 is 0.865 bits per heavy atom. The van der Waals surface area contributed by atoms with Crippen LogP contribution in [0.3, 0.4) is 0 Å². The van der Waals surface area contributed by atoms with Gasteiger partial charge in [0.05, 0.1) is 11.8 Å². The van der Waals surface area contributed by atoms with Crippen LogP contribution >= 0.6 is 15.9 Å². The zero-order valence-electron chi connectivity index (χ0n) is 21.9. The molecule has 3 aromatic rings. The topological polar surface area (TPSA) is 77.0 Å². The van der Waals surface area contributed by atoms with Crippen LogP contribution in [0.4, 0.5) is 0 Å². The Balaban J connectivity index is 1.44. The maximum absolute atomic E-state index is 12.2. The van der Waals surface area contributed by atoms with E-state index in [1.54, 1.807) is 48.5 Å². The van der Waals surface area contributed by atoms with Gasteiger partial charge in [-0.15, -0.1) is 0 Å². The number of benzene rings is 3. The van der Waals surface area contributed by atoms with Crippen molar-refractivity contribution >= 4 is 34.0 Å². The molecule has 0 bridgehead atoms. The van der Waals surface area contributed by atoms with Crippen LogP contribution in [0.15, 0.2) is 82.4 Å². The van der Waals surface area contributed by atoms with Gasteiger partial charge in [0.25, 0.3) is 5.91 Å². The summed E-state index contributed by atoms with van der Waals surface area (Å²) in [6.45, 7) is 11.1. The van der Waals surface area contributed by atoms with E-state index in [1.807, 2.05) is 12.1 Å². The zero-order chi connectivity index (χ0) is 27.1. The number of ether oxygens (including phenoxy) is 2. The number of rotatable bonds is 9. The minimum absolute atomic E-state index is 0.0439. The van der Waals surface area contributed by atoms with Crippen molar-refractivity contribution in [2.24, 2.45) is 10.5 Å². The van der Waals surface area contributed by atoms with Gasteiger partial charge in [-0.25, -0.2) is 10.2 Å². The molecule has 0 saturated heterocycles. The maximum Gasteiger partial charge on any atom is 0.343 e. The molecule has 0 heterocycles. The number of nitrogens with one attached hydrogen (secondary N) is 1. The third kappa shape index (κ3) is 9.17. The molecule has 37 heavy (non-hydrogen) atoms. The highest BCUT2D eigenvalue weighted by Gasteiger charge is 2.27. The average molecular weight is 566 g/mol. The Bertz CT molecular complexity index is 1230. The van der Waals surface area contributed by atoms with Gasteiger partial charge < -0.3 is 9.47 Å². The first kappa shape index (κ1) is 28.1. The largest absolute Gasteiger partial charge is 0.484 e. The first-order chi connectivity index (χ1) is 17.4. The fourth-order valence-electron chi connectivity index (χ4n) is 4.16. The molecule has 0 aromatic heterocycles. The highest BCUT2D eigenvalue weighted by atomic mass is 79.9. The SMILES string of the molecule is CC(C)(C)CC(C)(C)c1ccc(OCC(=O)N/N=C\c2ccc(OC(=O)c3ccc(Br)cc3)cc2)cc1. The summed E-state index contributed by atoms with van der Waals surface area (Å²) in [7, 11) is 0. The monoisotopic (exact) mass is 564 g/mol. The number of carbonyl (C=O) groups excluding carboxylic acids is 2. The lowest BCUT2D eigenvalue weighted by Crippen LogP contribution is -2.25. The highest BCUT2D eigenvalue weighted by molar-refractivity contribution is 9.10. The Labute approximate surface area is 227 Å². The minimum Gasteiger partial charge on any atom is -0.484 e. The van der Waals surface area contributed by atoms with Crippen LogP contribution < -0.4 is 14.9 Å². The molecule has 0 spiro atoms. The van der Waals surface area contributed by atoms with Crippen LogP contribution in [-0.2, 0) is 10.2 Å². The number of hydrogen-bond acceptors (Lipinski definition) is 5. The van der Waals surface area contributed by atoms with E-state index in [4.69, 9.17) is 9.47 Å². The number of halogens is 1. The smallest absolute Gasteiger partial charge is 0.343 e. The molecular weight excluding hydrogens is 532 g/mol. The molecule has 0 radical (unpaired) electrons. The summed E-state index contributed by atoms with van der Waals surface area (Å²) < 4.78 is 11.9. The molecule has 0 aliphatic carbocycles. The van der Waals surface area contributed by atoms with Gasteiger partial charge in [-0.1, -0.05) is 62.7 Å². The Morgan fingerprint density at radius 2 is 1.46 bits per heavy atom. The summed E-state index contributed by atoms with van der Waals surface area (Å²) in [5.41, 5.74) is 5.15. The normalized spacial score (nSPS) is 11.8. The number of carbonyl (C=O) groups is 2. The third-order valence-electron chi connectivity index (χ3n) is 5.55. The minimum atomic E-state index is -0.440. The molecule has 0 aliphatic rings. The molecule has 0 fully saturated rings. The molecule has 1 amide bonds. The quantitative estimate of drug-likeness (QED) is 0.132. The number of amides is 1. The molecule has 0 atom stereocenters. The molecule has 3 rings (SSSR count). The molecule has 0 unspecified atom stereocenters. The number of hydrogen-bond donors (Lipinski definition) is 1. The van der Waals surface area contributed by atoms with E-state index in [0.29, 0.717) is 17.1 Å². The van der Waals surface area contributed by atoms with E-state index >= 15 is 0 Å². The van der Waals surface area contributed by atoms with Crippen molar-refractivity contribution in [2.75, 3.05) is 6.61 Å². The lowest BCUT2D eigenvalue weighted by Gasteiger charge is -2.33. The summed E-state index contributed by atoms with van der Waals surface area (Å²) >= 11 is 3.34. The fourth-order valence-corrected chi connectivity index (χ4v) is 4.43. The Morgan fingerprint density at radius 3 is 2.05 bits per heavy atom. The summed E-state index contributed by atoms with van der Waals surface area (Å²) in [5, 5.41) is 3.96. The van der Waals surface area contributed by atoms with Gasteiger partial charge in [-0.05, 0) is 89.0 Å². The van der Waals surface area contributed by atoms with Crippen molar-refractivity contribution in [3.05, 3.63) is 94.0 Å². The molecule has 1 N–H and O–H groups in total. The van der Waals surface area contributed by atoms with Gasteiger partial charge in [0, 0.05) is 4.47 Å². The van der Waals surface area contributed by atoms with E-state index in [-0.39, 0.29) is 23.3 Å². The van der Waals surface area contributed by atoms with E-state index in [0.717, 1.165) is 16.5 Å². The van der Waals surface area contributed by atoms with Crippen LogP contribution in [0, 0.1) is 5.41 Å². The molecule has 194 valence electrons. The van der Waals surface area contributed by atoms with Gasteiger partial charge in [-0.2, -0.15) is 5.10 Å². The van der Waals surface area contributed by atoms with Crippen molar-refractivity contribution < 1.29 is 19.1 Å². The first-order valence-electron chi connectivity index (χ1n) is 12.0. The zero-order valence-corrected chi connectivity index (χ0v) is 23.5. The lowest BCUT2D eigenvalue weighted by atomic mass is 9.72. The van der Waals surface area contributed by atoms with Crippen LogP contribution in [0.2, 0.25) is 0 Å². The van der Waals surface area contributed by atoms with E-state index in [1.165, 1.54) is 11.8 Å². The molecular formula is C30H33BrN2O4. The lowest BCUT2D eigenvalue weighted by molar-refractivity contribution is -0.123. The van der Waals surface area contributed by atoms with Crippen LogP contribution in [-0.4, -0.2) is 24.7 Å². The second-order valence-electron chi connectivity index (χ2n) is 10.7. The summed E-state index contributed by atoms with van der Waals surface area (Å²) in [6.07, 6.45) is 2.56. The molecule has 0 saturated carbocycles. The predicted octanol–water partition coefficient (Wildman–Crippen LogP) is 6.91. The summed E-state index contributed by atoms with van der Waals surface area (Å²) in [5.74, 6) is 0.232. The summed E-state index contributed by atoms with van der Waals surface area (Å²) in [6, 6.07) is 21.6. The number of esters is 1. The van der Waals surface area contributed by atoms with E-state index in [9.17, 15) is 9.59 Å². The van der Waals surface area contributed by atoms with Crippen molar-refractivity contribution in [2.45, 2.75) is 46.5 Å². The average Bonchev–Trinajstić information content (AvgIpc) is 2.83. The van der Waals surface area contributed by atoms with Gasteiger partial charge in [0.2, 0.25) is 0 Å². The molecule has 0 aliphatic heterocycles.